The first-order valence-electron chi connectivity index (χ1n) is 5.13. The van der Waals surface area contributed by atoms with Crippen LogP contribution in [0.3, 0.4) is 0 Å². The van der Waals surface area contributed by atoms with Crippen LogP contribution in [0.25, 0.3) is 0 Å². The molecule has 2 N–H and O–H groups in total. The summed E-state index contributed by atoms with van der Waals surface area (Å²) < 4.78 is 5.49. The van der Waals surface area contributed by atoms with Gasteiger partial charge < -0.3 is 15.2 Å². The minimum absolute atomic E-state index is 0.284. The third-order valence-electron chi connectivity index (χ3n) is 2.60. The third kappa shape index (κ3) is 4.07. The Hall–Kier alpha value is -0.120. The second-order valence-electron chi connectivity index (χ2n) is 4.19. The predicted octanol–water partition coefficient (Wildman–Crippen LogP) is 0.916. The van der Waals surface area contributed by atoms with E-state index in [2.05, 4.69) is 5.32 Å². The Labute approximate surface area is 80.5 Å². The molecule has 13 heavy (non-hydrogen) atoms. The smallest absolute Gasteiger partial charge is 0.0656 e. The second kappa shape index (κ2) is 4.94. The van der Waals surface area contributed by atoms with Gasteiger partial charge in [0.1, 0.15) is 0 Å². The van der Waals surface area contributed by atoms with E-state index in [1.165, 1.54) is 0 Å². The van der Waals surface area contributed by atoms with E-state index in [0.29, 0.717) is 0 Å². The normalized spacial score (nSPS) is 27.5. The van der Waals surface area contributed by atoms with Crippen LogP contribution in [-0.2, 0) is 4.74 Å². The van der Waals surface area contributed by atoms with Crippen molar-refractivity contribution >= 4 is 0 Å². The number of ether oxygens (including phenoxy) is 1. The molecule has 1 heterocycles. The van der Waals surface area contributed by atoms with E-state index >= 15 is 0 Å². The minimum atomic E-state index is -0.571. The predicted molar refractivity (Wildman–Crippen MR) is 52.8 cm³/mol. The van der Waals surface area contributed by atoms with Crippen molar-refractivity contribution in [3.8, 4) is 0 Å². The second-order valence-corrected chi connectivity index (χ2v) is 4.19. The van der Waals surface area contributed by atoms with E-state index in [0.717, 1.165) is 38.8 Å². The van der Waals surface area contributed by atoms with Crippen LogP contribution < -0.4 is 5.32 Å². The standard InChI is InChI=1S/C10H21NO2/c1-10(12,5-6-11-2)8-9-4-3-7-13-9/h9,11-12H,3-8H2,1-2H3. The van der Waals surface area contributed by atoms with Crippen LogP contribution in [-0.4, -0.2) is 37.0 Å². The van der Waals surface area contributed by atoms with Crippen molar-refractivity contribution in [2.75, 3.05) is 20.2 Å². The summed E-state index contributed by atoms with van der Waals surface area (Å²) >= 11 is 0. The van der Waals surface area contributed by atoms with E-state index in [4.69, 9.17) is 4.74 Å². The first-order chi connectivity index (χ1) is 6.14. The van der Waals surface area contributed by atoms with Gasteiger partial charge in [0.15, 0.2) is 0 Å². The first kappa shape index (κ1) is 11.0. The van der Waals surface area contributed by atoms with Crippen molar-refractivity contribution < 1.29 is 9.84 Å². The summed E-state index contributed by atoms with van der Waals surface area (Å²) in [5.74, 6) is 0. The van der Waals surface area contributed by atoms with Crippen LogP contribution >= 0.6 is 0 Å². The topological polar surface area (TPSA) is 41.5 Å². The van der Waals surface area contributed by atoms with E-state index < -0.39 is 5.60 Å². The highest BCUT2D eigenvalue weighted by Gasteiger charge is 2.27. The average molecular weight is 187 g/mol. The Bertz CT molecular complexity index is 142. The molecule has 78 valence electrons. The van der Waals surface area contributed by atoms with Gasteiger partial charge in [-0.25, -0.2) is 0 Å². The van der Waals surface area contributed by atoms with Crippen molar-refractivity contribution in [1.82, 2.24) is 5.32 Å². The van der Waals surface area contributed by atoms with Gasteiger partial charge in [0.2, 0.25) is 0 Å². The van der Waals surface area contributed by atoms with Gasteiger partial charge in [-0.05, 0) is 39.8 Å². The van der Waals surface area contributed by atoms with Crippen molar-refractivity contribution in [2.24, 2.45) is 0 Å². The van der Waals surface area contributed by atoms with E-state index in [1.807, 2.05) is 14.0 Å². The van der Waals surface area contributed by atoms with Crippen LogP contribution in [0, 0.1) is 0 Å². The highest BCUT2D eigenvalue weighted by atomic mass is 16.5. The molecule has 1 aliphatic heterocycles. The number of nitrogens with one attached hydrogen (secondary N) is 1. The fraction of sp³-hybridized carbons (Fsp3) is 1.00. The molecule has 3 heteroatoms. The maximum Gasteiger partial charge on any atom is 0.0656 e. The molecule has 1 fully saturated rings. The highest BCUT2D eigenvalue weighted by molar-refractivity contribution is 4.79. The molecule has 0 aliphatic carbocycles. The summed E-state index contributed by atoms with van der Waals surface area (Å²) in [4.78, 5) is 0. The minimum Gasteiger partial charge on any atom is -0.390 e. The SMILES string of the molecule is CNCCC(C)(O)CC1CCCO1. The molecule has 1 saturated heterocycles. The largest absolute Gasteiger partial charge is 0.390 e. The molecular formula is C10H21NO2. The Morgan fingerprint density at radius 1 is 1.62 bits per heavy atom. The summed E-state index contributed by atoms with van der Waals surface area (Å²) in [6.45, 7) is 3.62. The lowest BCUT2D eigenvalue weighted by molar-refractivity contribution is -0.0115. The fourth-order valence-electron chi connectivity index (χ4n) is 1.79. The quantitative estimate of drug-likeness (QED) is 0.672. The van der Waals surface area contributed by atoms with Crippen molar-refractivity contribution in [2.45, 2.75) is 44.3 Å². The zero-order valence-corrected chi connectivity index (χ0v) is 8.68. The van der Waals surface area contributed by atoms with Gasteiger partial charge in [-0.3, -0.25) is 0 Å². The Morgan fingerprint density at radius 3 is 2.92 bits per heavy atom. The van der Waals surface area contributed by atoms with Gasteiger partial charge in [-0.15, -0.1) is 0 Å². The van der Waals surface area contributed by atoms with E-state index in [1.54, 1.807) is 0 Å². The lowest BCUT2D eigenvalue weighted by Gasteiger charge is -2.26. The molecule has 0 aromatic carbocycles. The third-order valence-corrected chi connectivity index (χ3v) is 2.60. The highest BCUT2D eigenvalue weighted by Crippen LogP contribution is 2.24. The molecular weight excluding hydrogens is 166 g/mol. The molecule has 0 saturated carbocycles. The molecule has 2 unspecified atom stereocenters. The number of aliphatic hydroxyl groups is 1. The monoisotopic (exact) mass is 187 g/mol. The molecule has 1 rings (SSSR count). The molecule has 0 aromatic rings. The van der Waals surface area contributed by atoms with Gasteiger partial charge in [0.05, 0.1) is 11.7 Å². The Morgan fingerprint density at radius 2 is 2.38 bits per heavy atom. The summed E-state index contributed by atoms with van der Waals surface area (Å²) in [5.41, 5.74) is -0.571. The number of hydrogen-bond acceptors (Lipinski definition) is 3. The molecule has 0 bridgehead atoms. The Kier molecular flexibility index (Phi) is 4.16. The number of hydrogen-bond donors (Lipinski definition) is 2. The molecule has 2 atom stereocenters. The first-order valence-corrected chi connectivity index (χ1v) is 5.13. The molecule has 1 aliphatic rings. The zero-order chi connectivity index (χ0) is 9.73. The van der Waals surface area contributed by atoms with Crippen molar-refractivity contribution in [3.05, 3.63) is 0 Å². The zero-order valence-electron chi connectivity index (χ0n) is 8.68. The van der Waals surface area contributed by atoms with Crippen LogP contribution in [0.5, 0.6) is 0 Å². The maximum absolute atomic E-state index is 9.99. The molecule has 0 amide bonds. The molecule has 3 nitrogen and oxygen atoms in total. The molecule has 0 radical (unpaired) electrons. The number of rotatable bonds is 5. The van der Waals surface area contributed by atoms with Crippen LogP contribution in [0.2, 0.25) is 0 Å². The van der Waals surface area contributed by atoms with Crippen molar-refractivity contribution in [3.63, 3.8) is 0 Å². The lowest BCUT2D eigenvalue weighted by Crippen LogP contribution is -2.32. The fourth-order valence-corrected chi connectivity index (χ4v) is 1.79. The maximum atomic E-state index is 9.99. The lowest BCUT2D eigenvalue weighted by atomic mass is 9.93. The summed E-state index contributed by atoms with van der Waals surface area (Å²) in [6.07, 6.45) is 4.10. The van der Waals surface area contributed by atoms with Gasteiger partial charge in [0.25, 0.3) is 0 Å². The summed E-state index contributed by atoms with van der Waals surface area (Å²) in [7, 11) is 1.90. The molecule has 0 spiro atoms. The Balaban J connectivity index is 2.23. The summed E-state index contributed by atoms with van der Waals surface area (Å²) in [6, 6.07) is 0. The van der Waals surface area contributed by atoms with Gasteiger partial charge in [-0.2, -0.15) is 0 Å². The van der Waals surface area contributed by atoms with Gasteiger partial charge >= 0.3 is 0 Å². The van der Waals surface area contributed by atoms with Gasteiger partial charge in [-0.1, -0.05) is 0 Å². The van der Waals surface area contributed by atoms with Crippen molar-refractivity contribution in [1.29, 1.82) is 0 Å². The van der Waals surface area contributed by atoms with Crippen LogP contribution in [0.15, 0.2) is 0 Å². The van der Waals surface area contributed by atoms with Gasteiger partial charge in [0, 0.05) is 13.0 Å². The van der Waals surface area contributed by atoms with E-state index in [-0.39, 0.29) is 6.10 Å². The van der Waals surface area contributed by atoms with E-state index in [9.17, 15) is 5.11 Å². The molecule has 0 aromatic heterocycles. The van der Waals surface area contributed by atoms with Crippen LogP contribution in [0.1, 0.15) is 32.6 Å². The summed E-state index contributed by atoms with van der Waals surface area (Å²) in [5, 5.41) is 13.0. The average Bonchev–Trinajstić information content (AvgIpc) is 2.52. The van der Waals surface area contributed by atoms with Crippen LogP contribution in [0.4, 0.5) is 0 Å².